The summed E-state index contributed by atoms with van der Waals surface area (Å²) in [6.45, 7) is 3.74. The lowest BCUT2D eigenvalue weighted by atomic mass is 9.86. The van der Waals surface area contributed by atoms with Crippen molar-refractivity contribution >= 4 is 5.71 Å². The van der Waals surface area contributed by atoms with Crippen molar-refractivity contribution < 1.29 is 4.84 Å². The van der Waals surface area contributed by atoms with E-state index in [9.17, 15) is 0 Å². The summed E-state index contributed by atoms with van der Waals surface area (Å²) < 4.78 is 0. The van der Waals surface area contributed by atoms with Crippen molar-refractivity contribution in [2.75, 3.05) is 7.11 Å². The minimum Gasteiger partial charge on any atom is -0.399 e. The quantitative estimate of drug-likeness (QED) is 0.468. The first-order valence-corrected chi connectivity index (χ1v) is 4.62. The first kappa shape index (κ1) is 9.30. The Labute approximate surface area is 74.3 Å². The maximum absolute atomic E-state index is 4.76. The van der Waals surface area contributed by atoms with Crippen LogP contribution in [0.5, 0.6) is 0 Å². The highest BCUT2D eigenvalue weighted by Crippen LogP contribution is 2.25. The molecule has 0 saturated heterocycles. The summed E-state index contributed by atoms with van der Waals surface area (Å²) in [5.74, 6) is 0.594. The van der Waals surface area contributed by atoms with Crippen LogP contribution in [0.2, 0.25) is 0 Å². The van der Waals surface area contributed by atoms with Gasteiger partial charge in [-0.05, 0) is 18.9 Å². The molecule has 1 rings (SSSR count). The first-order valence-electron chi connectivity index (χ1n) is 4.62. The van der Waals surface area contributed by atoms with Crippen molar-refractivity contribution in [2.45, 2.75) is 32.1 Å². The van der Waals surface area contributed by atoms with Gasteiger partial charge in [0.05, 0.1) is 5.71 Å². The fourth-order valence-corrected chi connectivity index (χ4v) is 1.78. The van der Waals surface area contributed by atoms with Crippen molar-refractivity contribution in [1.82, 2.24) is 0 Å². The summed E-state index contributed by atoms with van der Waals surface area (Å²) in [4.78, 5) is 4.76. The smallest absolute Gasteiger partial charge is 0.106 e. The third kappa shape index (κ3) is 2.36. The SMILES string of the molecule is C=C/C(=N\OC)C1CCCCC1. The average molecular weight is 167 g/mol. The highest BCUT2D eigenvalue weighted by atomic mass is 16.6. The van der Waals surface area contributed by atoms with Gasteiger partial charge in [0.25, 0.3) is 0 Å². The molecule has 0 aromatic rings. The predicted octanol–water partition coefficient (Wildman–Crippen LogP) is 2.76. The van der Waals surface area contributed by atoms with Gasteiger partial charge < -0.3 is 4.84 Å². The lowest BCUT2D eigenvalue weighted by Crippen LogP contribution is -2.15. The maximum Gasteiger partial charge on any atom is 0.106 e. The van der Waals surface area contributed by atoms with Crippen LogP contribution in [0.25, 0.3) is 0 Å². The molecule has 12 heavy (non-hydrogen) atoms. The molecule has 1 fully saturated rings. The molecule has 68 valence electrons. The molecule has 0 spiro atoms. The van der Waals surface area contributed by atoms with Crippen molar-refractivity contribution in [3.05, 3.63) is 12.7 Å². The summed E-state index contributed by atoms with van der Waals surface area (Å²) in [6, 6.07) is 0. The van der Waals surface area contributed by atoms with Crippen LogP contribution in [0, 0.1) is 5.92 Å². The van der Waals surface area contributed by atoms with Crippen LogP contribution in [0.1, 0.15) is 32.1 Å². The van der Waals surface area contributed by atoms with Crippen LogP contribution in [-0.4, -0.2) is 12.8 Å². The largest absolute Gasteiger partial charge is 0.399 e. The van der Waals surface area contributed by atoms with Crippen LogP contribution in [0.4, 0.5) is 0 Å². The second-order valence-electron chi connectivity index (χ2n) is 3.24. The van der Waals surface area contributed by atoms with Crippen LogP contribution in [0.3, 0.4) is 0 Å². The zero-order chi connectivity index (χ0) is 8.81. The Balaban J connectivity index is 2.51. The van der Waals surface area contributed by atoms with Gasteiger partial charge in [-0.15, -0.1) is 0 Å². The zero-order valence-electron chi connectivity index (χ0n) is 7.75. The number of nitrogens with zero attached hydrogens (tertiary/aromatic N) is 1. The zero-order valence-corrected chi connectivity index (χ0v) is 7.75. The Kier molecular flexibility index (Phi) is 3.85. The molecule has 0 aromatic carbocycles. The molecule has 2 nitrogen and oxygen atoms in total. The van der Waals surface area contributed by atoms with E-state index in [0.717, 1.165) is 5.71 Å². The fourth-order valence-electron chi connectivity index (χ4n) is 1.78. The number of oxime groups is 1. The average Bonchev–Trinajstić information content (AvgIpc) is 2.15. The molecule has 1 aliphatic rings. The van der Waals surface area contributed by atoms with Crippen LogP contribution in [-0.2, 0) is 4.84 Å². The van der Waals surface area contributed by atoms with E-state index in [1.807, 2.05) is 6.08 Å². The minimum absolute atomic E-state index is 0.594. The number of rotatable bonds is 3. The van der Waals surface area contributed by atoms with E-state index in [1.54, 1.807) is 7.11 Å². The van der Waals surface area contributed by atoms with E-state index in [4.69, 9.17) is 4.84 Å². The summed E-state index contributed by atoms with van der Waals surface area (Å²) in [6.07, 6.45) is 8.32. The molecule has 2 heteroatoms. The second kappa shape index (κ2) is 4.96. The van der Waals surface area contributed by atoms with E-state index in [0.29, 0.717) is 5.92 Å². The van der Waals surface area contributed by atoms with Crippen molar-refractivity contribution in [3.8, 4) is 0 Å². The van der Waals surface area contributed by atoms with Gasteiger partial charge in [-0.2, -0.15) is 0 Å². The molecule has 0 bridgehead atoms. The Bertz CT molecular complexity index is 169. The highest BCUT2D eigenvalue weighted by Gasteiger charge is 2.17. The molecule has 0 aromatic heterocycles. The number of allylic oxidation sites excluding steroid dienone is 1. The molecule has 1 saturated carbocycles. The van der Waals surface area contributed by atoms with Gasteiger partial charge in [-0.3, -0.25) is 0 Å². The topological polar surface area (TPSA) is 21.6 Å². The molecule has 0 amide bonds. The third-order valence-electron chi connectivity index (χ3n) is 2.43. The Morgan fingerprint density at radius 3 is 2.58 bits per heavy atom. The van der Waals surface area contributed by atoms with E-state index in [-0.39, 0.29) is 0 Å². The Morgan fingerprint density at radius 1 is 1.42 bits per heavy atom. The molecule has 0 atom stereocenters. The van der Waals surface area contributed by atoms with Gasteiger partial charge in [0.2, 0.25) is 0 Å². The normalized spacial score (nSPS) is 20.6. The molecule has 0 aliphatic heterocycles. The monoisotopic (exact) mass is 167 g/mol. The van der Waals surface area contributed by atoms with E-state index < -0.39 is 0 Å². The summed E-state index contributed by atoms with van der Waals surface area (Å²) in [5, 5.41) is 3.96. The highest BCUT2D eigenvalue weighted by molar-refractivity contribution is 5.96. The van der Waals surface area contributed by atoms with Gasteiger partial charge in [0, 0.05) is 5.92 Å². The lowest BCUT2D eigenvalue weighted by molar-refractivity contribution is 0.210. The summed E-state index contributed by atoms with van der Waals surface area (Å²) in [5.41, 5.74) is 1.03. The number of hydrogen-bond acceptors (Lipinski definition) is 2. The first-order chi connectivity index (χ1) is 5.88. The predicted molar refractivity (Wildman–Crippen MR) is 51.2 cm³/mol. The minimum atomic E-state index is 0.594. The second-order valence-corrected chi connectivity index (χ2v) is 3.24. The van der Waals surface area contributed by atoms with Gasteiger partial charge >= 0.3 is 0 Å². The van der Waals surface area contributed by atoms with Gasteiger partial charge in [0.15, 0.2) is 0 Å². The Morgan fingerprint density at radius 2 is 2.08 bits per heavy atom. The molecule has 0 N–H and O–H groups in total. The van der Waals surface area contributed by atoms with E-state index in [2.05, 4.69) is 11.7 Å². The summed E-state index contributed by atoms with van der Waals surface area (Å²) in [7, 11) is 1.59. The number of hydrogen-bond donors (Lipinski definition) is 0. The standard InChI is InChI=1S/C10H17NO/c1-3-10(11-12-2)9-7-5-4-6-8-9/h3,9H,1,4-8H2,2H3/b11-10+. The lowest BCUT2D eigenvalue weighted by Gasteiger charge is -2.20. The van der Waals surface area contributed by atoms with Crippen LogP contribution in [0.15, 0.2) is 17.8 Å². The van der Waals surface area contributed by atoms with Gasteiger partial charge in [-0.25, -0.2) is 0 Å². The van der Waals surface area contributed by atoms with Gasteiger partial charge in [0.1, 0.15) is 7.11 Å². The molecular weight excluding hydrogens is 150 g/mol. The molecule has 0 heterocycles. The van der Waals surface area contributed by atoms with Gasteiger partial charge in [-0.1, -0.05) is 31.0 Å². The molecule has 0 unspecified atom stereocenters. The molecule has 1 aliphatic carbocycles. The fraction of sp³-hybridized carbons (Fsp3) is 0.700. The molecular formula is C10H17NO. The van der Waals surface area contributed by atoms with E-state index in [1.165, 1.54) is 32.1 Å². The van der Waals surface area contributed by atoms with Crippen molar-refractivity contribution in [3.63, 3.8) is 0 Å². The van der Waals surface area contributed by atoms with Crippen molar-refractivity contribution in [2.24, 2.45) is 11.1 Å². The summed E-state index contributed by atoms with van der Waals surface area (Å²) >= 11 is 0. The van der Waals surface area contributed by atoms with Crippen LogP contribution >= 0.6 is 0 Å². The Hall–Kier alpha value is -0.790. The maximum atomic E-state index is 4.76. The van der Waals surface area contributed by atoms with Crippen LogP contribution < -0.4 is 0 Å². The van der Waals surface area contributed by atoms with E-state index >= 15 is 0 Å². The molecule has 0 radical (unpaired) electrons. The van der Waals surface area contributed by atoms with Crippen molar-refractivity contribution in [1.29, 1.82) is 0 Å². The third-order valence-corrected chi connectivity index (χ3v) is 2.43.